The van der Waals surface area contributed by atoms with Gasteiger partial charge in [-0.3, -0.25) is 0 Å². The fourth-order valence-corrected chi connectivity index (χ4v) is 1.79. The van der Waals surface area contributed by atoms with Gasteiger partial charge in [-0.1, -0.05) is 6.92 Å². The molecule has 0 aromatic heterocycles. The van der Waals surface area contributed by atoms with Gasteiger partial charge in [-0.05, 0) is 45.3 Å². The molecule has 1 fully saturated rings. The lowest BCUT2D eigenvalue weighted by Crippen LogP contribution is -2.39. The molecule has 1 aliphatic heterocycles. The van der Waals surface area contributed by atoms with Crippen LogP contribution in [0, 0.1) is 5.92 Å². The molecule has 2 nitrogen and oxygen atoms in total. The summed E-state index contributed by atoms with van der Waals surface area (Å²) in [5.41, 5.74) is 5.84. The minimum absolute atomic E-state index is 0.397. The Labute approximate surface area is 69.8 Å². The molecule has 2 heteroatoms. The molecule has 0 bridgehead atoms. The molecule has 0 unspecified atom stereocenters. The fraction of sp³-hybridized carbons (Fsp3) is 1.00. The van der Waals surface area contributed by atoms with Gasteiger partial charge in [-0.25, -0.2) is 0 Å². The minimum Gasteiger partial charge on any atom is -0.328 e. The van der Waals surface area contributed by atoms with Gasteiger partial charge >= 0.3 is 0 Å². The molecule has 0 aromatic carbocycles. The van der Waals surface area contributed by atoms with E-state index in [0.29, 0.717) is 6.04 Å². The van der Waals surface area contributed by atoms with Crippen LogP contribution in [0.3, 0.4) is 0 Å². The lowest BCUT2D eigenvalue weighted by molar-refractivity contribution is 0.179. The van der Waals surface area contributed by atoms with E-state index in [-0.39, 0.29) is 0 Å². The Kier molecular flexibility index (Phi) is 3.34. The average molecular weight is 156 g/mol. The number of nitrogens with two attached hydrogens (primary N) is 1. The van der Waals surface area contributed by atoms with E-state index in [2.05, 4.69) is 18.7 Å². The summed E-state index contributed by atoms with van der Waals surface area (Å²) < 4.78 is 0. The van der Waals surface area contributed by atoms with Crippen molar-refractivity contribution in [1.82, 2.24) is 4.90 Å². The molecule has 0 radical (unpaired) electrons. The highest BCUT2D eigenvalue weighted by atomic mass is 15.1. The minimum atomic E-state index is 0.397. The van der Waals surface area contributed by atoms with Gasteiger partial charge < -0.3 is 10.6 Å². The van der Waals surface area contributed by atoms with Crippen LogP contribution in [0.25, 0.3) is 0 Å². The molecular formula is C9H20N2. The predicted molar refractivity (Wildman–Crippen MR) is 48.5 cm³/mol. The van der Waals surface area contributed by atoms with Gasteiger partial charge in [0.25, 0.3) is 0 Å². The third kappa shape index (κ3) is 2.46. The molecule has 0 saturated carbocycles. The molecule has 1 heterocycles. The van der Waals surface area contributed by atoms with E-state index < -0.39 is 0 Å². The maximum Gasteiger partial charge on any atom is 0.00397 e. The zero-order valence-electron chi connectivity index (χ0n) is 7.71. The van der Waals surface area contributed by atoms with E-state index >= 15 is 0 Å². The lowest BCUT2D eigenvalue weighted by atomic mass is 9.91. The van der Waals surface area contributed by atoms with Crippen LogP contribution in [0.2, 0.25) is 0 Å². The molecule has 11 heavy (non-hydrogen) atoms. The van der Waals surface area contributed by atoms with Crippen LogP contribution < -0.4 is 5.73 Å². The molecule has 0 amide bonds. The molecule has 1 atom stereocenters. The SMILES string of the molecule is CCN1CCC([C@@H](C)N)CC1. The first-order valence-electron chi connectivity index (χ1n) is 4.72. The summed E-state index contributed by atoms with van der Waals surface area (Å²) in [5, 5.41) is 0. The largest absolute Gasteiger partial charge is 0.328 e. The Balaban J connectivity index is 2.24. The van der Waals surface area contributed by atoms with Gasteiger partial charge in [-0.2, -0.15) is 0 Å². The van der Waals surface area contributed by atoms with Crippen LogP contribution in [-0.4, -0.2) is 30.6 Å². The van der Waals surface area contributed by atoms with E-state index in [0.717, 1.165) is 5.92 Å². The number of likely N-dealkylation sites (tertiary alicyclic amines) is 1. The quantitative estimate of drug-likeness (QED) is 0.648. The van der Waals surface area contributed by atoms with Crippen LogP contribution in [0.1, 0.15) is 26.7 Å². The Bertz CT molecular complexity index is 104. The van der Waals surface area contributed by atoms with E-state index in [9.17, 15) is 0 Å². The molecular weight excluding hydrogens is 136 g/mol. The first kappa shape index (κ1) is 9.01. The smallest absolute Gasteiger partial charge is 0.00397 e. The van der Waals surface area contributed by atoms with Crippen molar-refractivity contribution >= 4 is 0 Å². The summed E-state index contributed by atoms with van der Waals surface area (Å²) in [6.07, 6.45) is 2.59. The third-order valence-electron chi connectivity index (χ3n) is 2.82. The van der Waals surface area contributed by atoms with Gasteiger partial charge in [0.2, 0.25) is 0 Å². The highest BCUT2D eigenvalue weighted by molar-refractivity contribution is 4.76. The normalized spacial score (nSPS) is 25.4. The van der Waals surface area contributed by atoms with E-state index in [1.54, 1.807) is 0 Å². The second kappa shape index (κ2) is 4.07. The summed E-state index contributed by atoms with van der Waals surface area (Å²) in [6, 6.07) is 0.397. The van der Waals surface area contributed by atoms with E-state index in [1.165, 1.54) is 32.5 Å². The van der Waals surface area contributed by atoms with Crippen molar-refractivity contribution in [2.45, 2.75) is 32.7 Å². The summed E-state index contributed by atoms with van der Waals surface area (Å²) >= 11 is 0. The molecule has 1 aliphatic rings. The van der Waals surface area contributed by atoms with Crippen molar-refractivity contribution in [2.24, 2.45) is 11.7 Å². The molecule has 66 valence electrons. The zero-order chi connectivity index (χ0) is 8.27. The molecule has 0 aliphatic carbocycles. The standard InChI is InChI=1S/C9H20N2/c1-3-11-6-4-9(5-7-11)8(2)10/h8-9H,3-7,10H2,1-2H3/t8-/m1/s1. The molecule has 2 N–H and O–H groups in total. The summed E-state index contributed by atoms with van der Waals surface area (Å²) in [6.45, 7) is 8.07. The number of hydrogen-bond acceptors (Lipinski definition) is 2. The Hall–Kier alpha value is -0.0800. The first-order chi connectivity index (χ1) is 5.24. The van der Waals surface area contributed by atoms with Gasteiger partial charge in [0.15, 0.2) is 0 Å². The summed E-state index contributed by atoms with van der Waals surface area (Å²) in [7, 11) is 0. The van der Waals surface area contributed by atoms with Crippen molar-refractivity contribution in [3.63, 3.8) is 0 Å². The molecule has 0 aromatic rings. The highest BCUT2D eigenvalue weighted by Crippen LogP contribution is 2.18. The van der Waals surface area contributed by atoms with Gasteiger partial charge in [0.1, 0.15) is 0 Å². The van der Waals surface area contributed by atoms with Crippen molar-refractivity contribution in [1.29, 1.82) is 0 Å². The van der Waals surface area contributed by atoms with Crippen molar-refractivity contribution in [2.75, 3.05) is 19.6 Å². The Morgan fingerprint density at radius 1 is 1.45 bits per heavy atom. The van der Waals surface area contributed by atoms with Crippen molar-refractivity contribution in [3.05, 3.63) is 0 Å². The highest BCUT2D eigenvalue weighted by Gasteiger charge is 2.20. The Morgan fingerprint density at radius 3 is 2.36 bits per heavy atom. The summed E-state index contributed by atoms with van der Waals surface area (Å²) in [5.74, 6) is 0.776. The van der Waals surface area contributed by atoms with Crippen molar-refractivity contribution in [3.8, 4) is 0 Å². The van der Waals surface area contributed by atoms with Crippen LogP contribution >= 0.6 is 0 Å². The van der Waals surface area contributed by atoms with Gasteiger partial charge in [-0.15, -0.1) is 0 Å². The van der Waals surface area contributed by atoms with Crippen LogP contribution in [0.5, 0.6) is 0 Å². The van der Waals surface area contributed by atoms with Crippen LogP contribution in [0.4, 0.5) is 0 Å². The molecule has 1 rings (SSSR count). The second-order valence-corrected chi connectivity index (χ2v) is 3.63. The topological polar surface area (TPSA) is 29.3 Å². The van der Waals surface area contributed by atoms with Gasteiger partial charge in [0.05, 0.1) is 0 Å². The zero-order valence-corrected chi connectivity index (χ0v) is 7.71. The maximum atomic E-state index is 5.84. The number of hydrogen-bond donors (Lipinski definition) is 1. The van der Waals surface area contributed by atoms with E-state index in [4.69, 9.17) is 5.73 Å². The Morgan fingerprint density at radius 2 is 2.00 bits per heavy atom. The number of piperidine rings is 1. The van der Waals surface area contributed by atoms with Gasteiger partial charge in [0, 0.05) is 6.04 Å². The second-order valence-electron chi connectivity index (χ2n) is 3.63. The lowest BCUT2D eigenvalue weighted by Gasteiger charge is -2.32. The van der Waals surface area contributed by atoms with E-state index in [1.807, 2.05) is 0 Å². The number of rotatable bonds is 2. The first-order valence-corrected chi connectivity index (χ1v) is 4.72. The monoisotopic (exact) mass is 156 g/mol. The molecule has 1 saturated heterocycles. The molecule has 0 spiro atoms. The van der Waals surface area contributed by atoms with Crippen molar-refractivity contribution < 1.29 is 0 Å². The fourth-order valence-electron chi connectivity index (χ4n) is 1.79. The third-order valence-corrected chi connectivity index (χ3v) is 2.82. The maximum absolute atomic E-state index is 5.84. The average Bonchev–Trinajstić information content (AvgIpc) is 2.05. The predicted octanol–water partition coefficient (Wildman–Crippen LogP) is 1.07. The van der Waals surface area contributed by atoms with Crippen LogP contribution in [0.15, 0.2) is 0 Å². The number of nitrogens with zero attached hydrogens (tertiary/aromatic N) is 1. The van der Waals surface area contributed by atoms with Crippen LogP contribution in [-0.2, 0) is 0 Å². The summed E-state index contributed by atoms with van der Waals surface area (Å²) in [4.78, 5) is 2.50.